The Morgan fingerprint density at radius 1 is 1.04 bits per heavy atom. The topological polar surface area (TPSA) is 24.9 Å². The fraction of sp³-hybridized carbons (Fsp3) is 0.316. The van der Waals surface area contributed by atoms with Gasteiger partial charge in [-0.05, 0) is 35.7 Å². The molecule has 0 aliphatic carbocycles. The van der Waals surface area contributed by atoms with Crippen molar-refractivity contribution in [2.45, 2.75) is 32.1 Å². The average molecular weight is 381 g/mol. The van der Waals surface area contributed by atoms with Crippen molar-refractivity contribution in [3.8, 4) is 0 Å². The maximum Gasteiger partial charge on any atom is 0.188 e. The highest BCUT2D eigenvalue weighted by Crippen LogP contribution is 2.34. The van der Waals surface area contributed by atoms with E-state index in [1.807, 2.05) is 18.2 Å². The van der Waals surface area contributed by atoms with Crippen molar-refractivity contribution in [3.63, 3.8) is 0 Å². The monoisotopic (exact) mass is 380 g/mol. The van der Waals surface area contributed by atoms with Gasteiger partial charge in [-0.25, -0.2) is 4.98 Å². The normalized spacial score (nSPS) is 12.2. The van der Waals surface area contributed by atoms with Crippen LogP contribution < -0.4 is 5.32 Å². The van der Waals surface area contributed by atoms with Crippen LogP contribution in [0.2, 0.25) is 0 Å². The SMILES string of the molecule is CCC(CC)C(Cl)c1ccc(Nc2nc3ccccc3s2)cc1.Cl. The van der Waals surface area contributed by atoms with Crippen molar-refractivity contribution < 1.29 is 0 Å². The van der Waals surface area contributed by atoms with E-state index in [0.29, 0.717) is 5.92 Å². The van der Waals surface area contributed by atoms with Crippen LogP contribution in [0.4, 0.5) is 10.8 Å². The Balaban J connectivity index is 0.00000208. The maximum absolute atomic E-state index is 6.61. The minimum absolute atomic E-state index is 0. The molecule has 0 aliphatic heterocycles. The molecular weight excluding hydrogens is 359 g/mol. The summed E-state index contributed by atoms with van der Waals surface area (Å²) in [5, 5.41) is 4.38. The van der Waals surface area contributed by atoms with Gasteiger partial charge in [-0.15, -0.1) is 24.0 Å². The van der Waals surface area contributed by atoms with Gasteiger partial charge in [-0.3, -0.25) is 0 Å². The van der Waals surface area contributed by atoms with Crippen LogP contribution in [0.1, 0.15) is 37.6 Å². The number of fused-ring (bicyclic) bond motifs is 1. The molecule has 1 aromatic heterocycles. The molecule has 0 bridgehead atoms. The van der Waals surface area contributed by atoms with E-state index in [0.717, 1.165) is 29.2 Å². The van der Waals surface area contributed by atoms with Crippen LogP contribution in [0.3, 0.4) is 0 Å². The summed E-state index contributed by atoms with van der Waals surface area (Å²) in [7, 11) is 0. The van der Waals surface area contributed by atoms with Crippen molar-refractivity contribution in [3.05, 3.63) is 54.1 Å². The van der Waals surface area contributed by atoms with Crippen LogP contribution in [-0.2, 0) is 0 Å². The molecule has 5 heteroatoms. The first-order valence-electron chi connectivity index (χ1n) is 8.08. The van der Waals surface area contributed by atoms with Crippen LogP contribution in [-0.4, -0.2) is 4.98 Å². The van der Waals surface area contributed by atoms with Crippen molar-refractivity contribution in [2.24, 2.45) is 5.92 Å². The number of anilines is 2. The summed E-state index contributed by atoms with van der Waals surface area (Å²) in [5.74, 6) is 0.528. The van der Waals surface area contributed by atoms with Crippen LogP contribution in [0.25, 0.3) is 10.2 Å². The van der Waals surface area contributed by atoms with E-state index in [9.17, 15) is 0 Å². The summed E-state index contributed by atoms with van der Waals surface area (Å²) in [6, 6.07) is 16.6. The number of hydrogen-bond acceptors (Lipinski definition) is 3. The molecule has 3 rings (SSSR count). The third-order valence-electron chi connectivity index (χ3n) is 4.24. The summed E-state index contributed by atoms with van der Waals surface area (Å²) < 4.78 is 1.20. The van der Waals surface area contributed by atoms with E-state index in [-0.39, 0.29) is 17.8 Å². The van der Waals surface area contributed by atoms with Crippen LogP contribution in [0.15, 0.2) is 48.5 Å². The number of nitrogens with one attached hydrogen (secondary N) is 1. The molecule has 24 heavy (non-hydrogen) atoms. The quantitative estimate of drug-likeness (QED) is 0.458. The summed E-state index contributed by atoms with van der Waals surface area (Å²) in [5.41, 5.74) is 3.27. The molecule has 0 saturated carbocycles. The molecule has 0 saturated heterocycles. The number of hydrogen-bond donors (Lipinski definition) is 1. The van der Waals surface area contributed by atoms with Gasteiger partial charge < -0.3 is 5.32 Å². The first-order valence-corrected chi connectivity index (χ1v) is 9.33. The van der Waals surface area contributed by atoms with Gasteiger partial charge in [0.2, 0.25) is 0 Å². The summed E-state index contributed by atoms with van der Waals surface area (Å²) in [4.78, 5) is 4.60. The standard InChI is InChI=1S/C19H21ClN2S.ClH/c1-3-13(4-2)18(20)14-9-11-15(12-10-14)21-19-22-16-7-5-6-8-17(16)23-19;/h5-13,18H,3-4H2,1-2H3,(H,21,22);1H. The maximum atomic E-state index is 6.61. The highest BCUT2D eigenvalue weighted by molar-refractivity contribution is 7.22. The number of benzene rings is 2. The van der Waals surface area contributed by atoms with Gasteiger partial charge in [0, 0.05) is 5.69 Å². The Kier molecular flexibility index (Phi) is 6.90. The van der Waals surface area contributed by atoms with Crippen LogP contribution in [0, 0.1) is 5.92 Å². The minimum atomic E-state index is 0. The molecule has 1 unspecified atom stereocenters. The second-order valence-corrected chi connectivity index (χ2v) is 7.21. The zero-order chi connectivity index (χ0) is 16.2. The Labute approximate surface area is 158 Å². The summed E-state index contributed by atoms with van der Waals surface area (Å²) in [6.45, 7) is 4.40. The molecule has 1 atom stereocenters. The van der Waals surface area contributed by atoms with E-state index >= 15 is 0 Å². The molecule has 0 amide bonds. The van der Waals surface area contributed by atoms with Gasteiger partial charge in [-0.1, -0.05) is 62.3 Å². The zero-order valence-corrected chi connectivity index (χ0v) is 16.2. The lowest BCUT2D eigenvalue weighted by atomic mass is 9.94. The zero-order valence-electron chi connectivity index (χ0n) is 13.8. The summed E-state index contributed by atoms with van der Waals surface area (Å²) in [6.07, 6.45) is 2.22. The Morgan fingerprint density at radius 3 is 2.33 bits per heavy atom. The van der Waals surface area contributed by atoms with E-state index < -0.39 is 0 Å². The molecule has 128 valence electrons. The van der Waals surface area contributed by atoms with Crippen molar-refractivity contribution in [1.29, 1.82) is 0 Å². The largest absolute Gasteiger partial charge is 0.332 e. The number of para-hydroxylation sites is 1. The minimum Gasteiger partial charge on any atom is -0.332 e. The lowest BCUT2D eigenvalue weighted by Gasteiger charge is -2.19. The first kappa shape index (κ1) is 19.0. The number of thiazole rings is 1. The van der Waals surface area contributed by atoms with Gasteiger partial charge in [-0.2, -0.15) is 0 Å². The van der Waals surface area contributed by atoms with Crippen molar-refractivity contribution in [1.82, 2.24) is 4.98 Å². The van der Waals surface area contributed by atoms with Crippen LogP contribution in [0.5, 0.6) is 0 Å². The molecule has 3 aromatic rings. The lowest BCUT2D eigenvalue weighted by molar-refractivity contribution is 0.476. The summed E-state index contributed by atoms with van der Waals surface area (Å²) >= 11 is 8.27. The van der Waals surface area contributed by atoms with E-state index in [1.54, 1.807) is 11.3 Å². The highest BCUT2D eigenvalue weighted by atomic mass is 35.5. The molecule has 2 nitrogen and oxygen atoms in total. The molecule has 0 radical (unpaired) electrons. The Bertz CT molecular complexity index is 733. The molecule has 2 aromatic carbocycles. The predicted octanol–water partition coefficient (Wildman–Crippen LogP) is 7.18. The predicted molar refractivity (Wildman–Crippen MR) is 109 cm³/mol. The van der Waals surface area contributed by atoms with E-state index in [1.165, 1.54) is 10.3 Å². The number of aromatic nitrogens is 1. The molecule has 1 heterocycles. The van der Waals surface area contributed by atoms with Gasteiger partial charge in [0.05, 0.1) is 15.6 Å². The van der Waals surface area contributed by atoms with Gasteiger partial charge >= 0.3 is 0 Å². The van der Waals surface area contributed by atoms with Crippen LogP contribution >= 0.6 is 35.3 Å². The molecule has 0 aliphatic rings. The third kappa shape index (κ3) is 4.21. The number of halogens is 2. The fourth-order valence-electron chi connectivity index (χ4n) is 2.77. The molecule has 1 N–H and O–H groups in total. The van der Waals surface area contributed by atoms with Crippen molar-refractivity contribution in [2.75, 3.05) is 5.32 Å². The number of rotatable bonds is 6. The first-order chi connectivity index (χ1) is 11.2. The number of alkyl halides is 1. The van der Waals surface area contributed by atoms with Crippen molar-refractivity contribution >= 4 is 56.4 Å². The lowest BCUT2D eigenvalue weighted by Crippen LogP contribution is -2.05. The second kappa shape index (κ2) is 8.70. The van der Waals surface area contributed by atoms with E-state index in [2.05, 4.69) is 54.5 Å². The highest BCUT2D eigenvalue weighted by Gasteiger charge is 2.17. The number of nitrogens with zero attached hydrogens (tertiary/aromatic N) is 1. The Morgan fingerprint density at radius 2 is 1.71 bits per heavy atom. The van der Waals surface area contributed by atoms with E-state index in [4.69, 9.17) is 11.6 Å². The van der Waals surface area contributed by atoms with Gasteiger partial charge in [0.15, 0.2) is 5.13 Å². The third-order valence-corrected chi connectivity index (χ3v) is 5.80. The fourth-order valence-corrected chi connectivity index (χ4v) is 4.16. The Hall–Kier alpha value is -1.29. The smallest absolute Gasteiger partial charge is 0.188 e. The molecule has 0 fully saturated rings. The van der Waals surface area contributed by atoms with Gasteiger partial charge in [0.1, 0.15) is 0 Å². The molecular formula is C19H22Cl2N2S. The molecule has 0 spiro atoms. The average Bonchev–Trinajstić information content (AvgIpc) is 2.98. The second-order valence-electron chi connectivity index (χ2n) is 5.71. The van der Waals surface area contributed by atoms with Gasteiger partial charge in [0.25, 0.3) is 0 Å².